The number of halogens is 2. The first-order chi connectivity index (χ1) is 12.6. The first-order valence-corrected chi connectivity index (χ1v) is 8.32. The molecule has 0 atom stereocenters. The number of hydrogen-bond acceptors (Lipinski definition) is 4. The minimum absolute atomic E-state index is 0.0340. The van der Waals surface area contributed by atoms with Gasteiger partial charge in [-0.15, -0.1) is 0 Å². The van der Waals surface area contributed by atoms with Crippen molar-refractivity contribution in [1.82, 2.24) is 19.8 Å². The Hall–Kier alpha value is -2.90. The van der Waals surface area contributed by atoms with Crippen molar-refractivity contribution in [1.29, 1.82) is 0 Å². The number of nitrogens with zero attached hydrogens (tertiary/aromatic N) is 4. The standard InChI is InChI=1S/C18H18F2N4O2/c19-14-4-1-3-13(17(14)20)11-16(25)23-7-2-8-24(10-9-23)18(26)15-12-21-5-6-22-15/h1,3-6,12H,2,7-11H2. The van der Waals surface area contributed by atoms with Gasteiger partial charge in [-0.1, -0.05) is 12.1 Å². The van der Waals surface area contributed by atoms with Crippen LogP contribution in [0.1, 0.15) is 22.5 Å². The number of carbonyl (C=O) groups is 2. The zero-order valence-corrected chi connectivity index (χ0v) is 14.1. The number of hydrogen-bond donors (Lipinski definition) is 0. The predicted molar refractivity (Wildman–Crippen MR) is 89.2 cm³/mol. The summed E-state index contributed by atoms with van der Waals surface area (Å²) in [6.45, 7) is 1.64. The van der Waals surface area contributed by atoms with E-state index >= 15 is 0 Å². The number of carbonyl (C=O) groups excluding carboxylic acids is 2. The number of aromatic nitrogens is 2. The first-order valence-electron chi connectivity index (χ1n) is 8.32. The lowest BCUT2D eigenvalue weighted by molar-refractivity contribution is -0.130. The third-order valence-electron chi connectivity index (χ3n) is 4.29. The number of rotatable bonds is 3. The molecule has 3 rings (SSSR count). The topological polar surface area (TPSA) is 66.4 Å². The molecule has 0 unspecified atom stereocenters. The van der Waals surface area contributed by atoms with E-state index in [0.29, 0.717) is 32.6 Å². The fraction of sp³-hybridized carbons (Fsp3) is 0.333. The lowest BCUT2D eigenvalue weighted by atomic mass is 10.1. The van der Waals surface area contributed by atoms with Gasteiger partial charge in [0, 0.05) is 44.1 Å². The third-order valence-corrected chi connectivity index (χ3v) is 4.29. The van der Waals surface area contributed by atoms with Crippen LogP contribution in [0, 0.1) is 11.6 Å². The van der Waals surface area contributed by atoms with Crippen LogP contribution in [0.3, 0.4) is 0 Å². The molecule has 0 saturated carbocycles. The maximum absolute atomic E-state index is 13.8. The maximum atomic E-state index is 13.8. The van der Waals surface area contributed by atoms with Crippen LogP contribution in [0.5, 0.6) is 0 Å². The van der Waals surface area contributed by atoms with E-state index in [9.17, 15) is 18.4 Å². The minimum Gasteiger partial charge on any atom is -0.341 e. The summed E-state index contributed by atoms with van der Waals surface area (Å²) in [5.41, 5.74) is 0.292. The number of amides is 2. The van der Waals surface area contributed by atoms with E-state index in [0.717, 1.165) is 6.07 Å². The summed E-state index contributed by atoms with van der Waals surface area (Å²) in [4.78, 5) is 36.0. The van der Waals surface area contributed by atoms with E-state index in [-0.39, 0.29) is 29.5 Å². The summed E-state index contributed by atoms with van der Waals surface area (Å²) in [5, 5.41) is 0. The molecule has 6 nitrogen and oxygen atoms in total. The summed E-state index contributed by atoms with van der Waals surface area (Å²) in [7, 11) is 0. The van der Waals surface area contributed by atoms with E-state index in [1.165, 1.54) is 30.7 Å². The van der Waals surface area contributed by atoms with Crippen molar-refractivity contribution in [2.24, 2.45) is 0 Å². The van der Waals surface area contributed by atoms with Gasteiger partial charge in [0.25, 0.3) is 5.91 Å². The minimum atomic E-state index is -0.991. The molecule has 0 radical (unpaired) electrons. The maximum Gasteiger partial charge on any atom is 0.274 e. The van der Waals surface area contributed by atoms with Gasteiger partial charge in [-0.3, -0.25) is 14.6 Å². The summed E-state index contributed by atoms with van der Waals surface area (Å²) in [5.74, 6) is -2.48. The second kappa shape index (κ2) is 7.99. The quantitative estimate of drug-likeness (QED) is 0.835. The Kier molecular flexibility index (Phi) is 5.50. The smallest absolute Gasteiger partial charge is 0.274 e. The lowest BCUT2D eigenvalue weighted by Gasteiger charge is -2.22. The SMILES string of the molecule is O=C(Cc1cccc(F)c1F)N1CCCN(C(=O)c2cnccn2)CC1. The predicted octanol–water partition coefficient (Wildman–Crippen LogP) is 1.67. The van der Waals surface area contributed by atoms with Crippen molar-refractivity contribution in [3.05, 3.63) is 59.7 Å². The van der Waals surface area contributed by atoms with Crippen LogP contribution in [0.15, 0.2) is 36.8 Å². The molecule has 1 aromatic heterocycles. The molecule has 2 heterocycles. The van der Waals surface area contributed by atoms with Crippen molar-refractivity contribution < 1.29 is 18.4 Å². The zero-order chi connectivity index (χ0) is 18.5. The van der Waals surface area contributed by atoms with Crippen LogP contribution in [0.2, 0.25) is 0 Å². The average Bonchev–Trinajstić information content (AvgIpc) is 2.92. The van der Waals surface area contributed by atoms with Gasteiger partial charge in [0.1, 0.15) is 5.69 Å². The molecule has 1 aliphatic rings. The van der Waals surface area contributed by atoms with Crippen LogP contribution < -0.4 is 0 Å². The molecule has 1 saturated heterocycles. The Morgan fingerprint density at radius 2 is 1.81 bits per heavy atom. The molecule has 1 aromatic carbocycles. The molecular weight excluding hydrogens is 342 g/mol. The van der Waals surface area contributed by atoms with E-state index in [1.54, 1.807) is 9.80 Å². The molecule has 2 aromatic rings. The highest BCUT2D eigenvalue weighted by Gasteiger charge is 2.24. The van der Waals surface area contributed by atoms with Gasteiger partial charge in [-0.2, -0.15) is 0 Å². The van der Waals surface area contributed by atoms with Crippen LogP contribution in [-0.2, 0) is 11.2 Å². The van der Waals surface area contributed by atoms with E-state index in [4.69, 9.17) is 0 Å². The van der Waals surface area contributed by atoms with Gasteiger partial charge < -0.3 is 9.80 Å². The summed E-state index contributed by atoms with van der Waals surface area (Å²) in [6, 6.07) is 3.80. The molecule has 0 bridgehead atoms. The van der Waals surface area contributed by atoms with Crippen molar-refractivity contribution in [2.75, 3.05) is 26.2 Å². The average molecular weight is 360 g/mol. The monoisotopic (exact) mass is 360 g/mol. The van der Waals surface area contributed by atoms with Crippen molar-refractivity contribution >= 4 is 11.8 Å². The van der Waals surface area contributed by atoms with Gasteiger partial charge in [-0.25, -0.2) is 13.8 Å². The molecule has 2 amide bonds. The van der Waals surface area contributed by atoms with Gasteiger partial charge in [0.05, 0.1) is 12.6 Å². The highest BCUT2D eigenvalue weighted by atomic mass is 19.2. The molecule has 1 fully saturated rings. The highest BCUT2D eigenvalue weighted by Crippen LogP contribution is 2.14. The van der Waals surface area contributed by atoms with Crippen molar-refractivity contribution in [2.45, 2.75) is 12.8 Å². The normalized spacial score (nSPS) is 14.8. The molecule has 0 aliphatic carbocycles. The number of benzene rings is 1. The molecular formula is C18H18F2N4O2. The molecule has 0 spiro atoms. The fourth-order valence-corrected chi connectivity index (χ4v) is 2.90. The second-order valence-corrected chi connectivity index (χ2v) is 6.01. The van der Waals surface area contributed by atoms with Crippen LogP contribution in [-0.4, -0.2) is 57.8 Å². The van der Waals surface area contributed by atoms with Gasteiger partial charge >= 0.3 is 0 Å². The second-order valence-electron chi connectivity index (χ2n) is 6.01. The van der Waals surface area contributed by atoms with E-state index < -0.39 is 11.6 Å². The summed E-state index contributed by atoms with van der Waals surface area (Å²) >= 11 is 0. The highest BCUT2D eigenvalue weighted by molar-refractivity contribution is 5.92. The van der Waals surface area contributed by atoms with Gasteiger partial charge in [-0.05, 0) is 12.5 Å². The lowest BCUT2D eigenvalue weighted by Crippen LogP contribution is -2.38. The van der Waals surface area contributed by atoms with Crippen LogP contribution in [0.4, 0.5) is 8.78 Å². The van der Waals surface area contributed by atoms with Crippen LogP contribution in [0.25, 0.3) is 0 Å². The van der Waals surface area contributed by atoms with Crippen molar-refractivity contribution in [3.63, 3.8) is 0 Å². The molecule has 0 N–H and O–H groups in total. The summed E-state index contributed by atoms with van der Waals surface area (Å²) in [6.07, 6.45) is 4.74. The molecule has 136 valence electrons. The Balaban J connectivity index is 1.62. The first kappa shape index (κ1) is 17.9. The van der Waals surface area contributed by atoms with E-state index in [2.05, 4.69) is 9.97 Å². The Morgan fingerprint density at radius 3 is 2.58 bits per heavy atom. The zero-order valence-electron chi connectivity index (χ0n) is 14.1. The molecule has 8 heteroatoms. The Morgan fingerprint density at radius 1 is 1.04 bits per heavy atom. The van der Waals surface area contributed by atoms with Crippen LogP contribution >= 0.6 is 0 Å². The fourth-order valence-electron chi connectivity index (χ4n) is 2.90. The van der Waals surface area contributed by atoms with E-state index in [1.807, 2.05) is 0 Å². The molecule has 26 heavy (non-hydrogen) atoms. The third kappa shape index (κ3) is 4.01. The Bertz CT molecular complexity index is 801. The summed E-state index contributed by atoms with van der Waals surface area (Å²) < 4.78 is 27.0. The molecule has 1 aliphatic heterocycles. The largest absolute Gasteiger partial charge is 0.341 e. The van der Waals surface area contributed by atoms with Gasteiger partial charge in [0.2, 0.25) is 5.91 Å². The Labute approximate surface area is 149 Å². The van der Waals surface area contributed by atoms with Crippen molar-refractivity contribution in [3.8, 4) is 0 Å². The van der Waals surface area contributed by atoms with Gasteiger partial charge in [0.15, 0.2) is 11.6 Å².